The SMILES string of the molecule is CCc1nn(C[C@@H](C)COC(=O)c2cc(C(C)(F)F)ccc2C)c2c1C(=O)NCC1(CCOCC1)C2. The van der Waals surface area contributed by atoms with Crippen LogP contribution in [-0.4, -0.2) is 48.0 Å². The van der Waals surface area contributed by atoms with E-state index in [9.17, 15) is 18.4 Å². The Morgan fingerprint density at radius 1 is 1.33 bits per heavy atom. The maximum Gasteiger partial charge on any atom is 0.338 e. The van der Waals surface area contributed by atoms with Gasteiger partial charge in [-0.05, 0) is 49.7 Å². The number of carbonyl (C=O) groups is 2. The summed E-state index contributed by atoms with van der Waals surface area (Å²) in [5.74, 6) is -3.85. The van der Waals surface area contributed by atoms with Crippen LogP contribution in [-0.2, 0) is 34.8 Å². The van der Waals surface area contributed by atoms with Crippen molar-refractivity contribution in [2.75, 3.05) is 26.4 Å². The summed E-state index contributed by atoms with van der Waals surface area (Å²) in [6.07, 6.45) is 3.13. The molecule has 1 aromatic heterocycles. The minimum atomic E-state index is -3.04. The Hall–Kier alpha value is -2.81. The Kier molecular flexibility index (Phi) is 7.50. The lowest BCUT2D eigenvalue weighted by Crippen LogP contribution is -2.41. The Labute approximate surface area is 210 Å². The Morgan fingerprint density at radius 2 is 2.06 bits per heavy atom. The first-order chi connectivity index (χ1) is 17.0. The van der Waals surface area contributed by atoms with Crippen LogP contribution in [0, 0.1) is 18.3 Å². The van der Waals surface area contributed by atoms with Gasteiger partial charge in [0.2, 0.25) is 0 Å². The van der Waals surface area contributed by atoms with Crippen molar-refractivity contribution in [2.24, 2.45) is 11.3 Å². The molecule has 2 aliphatic rings. The van der Waals surface area contributed by atoms with Gasteiger partial charge in [0, 0.05) is 44.7 Å². The molecule has 1 fully saturated rings. The third-order valence-corrected chi connectivity index (χ3v) is 7.36. The molecule has 3 heterocycles. The third kappa shape index (κ3) is 5.45. The molecule has 4 rings (SSSR count). The van der Waals surface area contributed by atoms with Gasteiger partial charge in [-0.2, -0.15) is 5.10 Å². The summed E-state index contributed by atoms with van der Waals surface area (Å²) in [6, 6.07) is 4.04. The van der Waals surface area contributed by atoms with Gasteiger partial charge in [-0.1, -0.05) is 26.0 Å². The summed E-state index contributed by atoms with van der Waals surface area (Å²) in [7, 11) is 0. The Balaban J connectivity index is 1.49. The van der Waals surface area contributed by atoms with Crippen LogP contribution >= 0.6 is 0 Å². The highest BCUT2D eigenvalue weighted by Crippen LogP contribution is 2.37. The lowest BCUT2D eigenvalue weighted by Gasteiger charge is -2.36. The summed E-state index contributed by atoms with van der Waals surface area (Å²) in [5, 5.41) is 7.87. The van der Waals surface area contributed by atoms with Crippen molar-refractivity contribution in [1.29, 1.82) is 0 Å². The molecule has 0 bridgehead atoms. The zero-order valence-electron chi connectivity index (χ0n) is 21.5. The van der Waals surface area contributed by atoms with E-state index in [1.165, 1.54) is 18.2 Å². The molecule has 1 saturated heterocycles. The van der Waals surface area contributed by atoms with Gasteiger partial charge in [-0.15, -0.1) is 0 Å². The van der Waals surface area contributed by atoms with E-state index in [0.717, 1.165) is 37.6 Å². The van der Waals surface area contributed by atoms with Crippen molar-refractivity contribution >= 4 is 11.9 Å². The lowest BCUT2D eigenvalue weighted by molar-refractivity contribution is 0.0151. The third-order valence-electron chi connectivity index (χ3n) is 7.36. The number of ether oxygens (including phenoxy) is 2. The Bertz CT molecular complexity index is 1130. The molecule has 1 amide bonds. The van der Waals surface area contributed by atoms with Crippen molar-refractivity contribution in [3.05, 3.63) is 51.8 Å². The van der Waals surface area contributed by atoms with Crippen LogP contribution < -0.4 is 5.32 Å². The number of aryl methyl sites for hydroxylation is 2. The van der Waals surface area contributed by atoms with Crippen LogP contribution in [0.1, 0.15) is 76.8 Å². The van der Waals surface area contributed by atoms with Gasteiger partial charge in [0.05, 0.1) is 29.1 Å². The van der Waals surface area contributed by atoms with E-state index < -0.39 is 11.9 Å². The number of benzene rings is 1. The summed E-state index contributed by atoms with van der Waals surface area (Å²) in [4.78, 5) is 25.7. The standard InChI is InChI=1S/C27H35F2N3O4/c1-5-21-23-22(13-27(16-30-24(23)33)8-10-35-11-9-27)32(31-21)14-17(2)15-36-25(34)20-12-19(26(4,28)29)7-6-18(20)3/h6-7,12,17H,5,8-11,13-16H2,1-4H3,(H,30,33)/t17-/m1/s1. The highest BCUT2D eigenvalue weighted by atomic mass is 19.3. The van der Waals surface area contributed by atoms with Crippen molar-refractivity contribution in [3.63, 3.8) is 0 Å². The monoisotopic (exact) mass is 503 g/mol. The molecule has 1 spiro atoms. The first-order valence-corrected chi connectivity index (χ1v) is 12.6. The van der Waals surface area contributed by atoms with E-state index in [1.54, 1.807) is 6.92 Å². The summed E-state index contributed by atoms with van der Waals surface area (Å²) < 4.78 is 40.5. The molecule has 196 valence electrons. The van der Waals surface area contributed by atoms with Crippen LogP contribution in [0.4, 0.5) is 8.78 Å². The molecule has 1 N–H and O–H groups in total. The van der Waals surface area contributed by atoms with Crippen LogP contribution in [0.5, 0.6) is 0 Å². The molecule has 36 heavy (non-hydrogen) atoms. The molecule has 0 saturated carbocycles. The molecule has 1 aromatic carbocycles. The van der Waals surface area contributed by atoms with E-state index in [1.807, 2.05) is 18.5 Å². The fourth-order valence-corrected chi connectivity index (χ4v) is 5.08. The van der Waals surface area contributed by atoms with Gasteiger partial charge in [0.25, 0.3) is 11.8 Å². The fourth-order valence-electron chi connectivity index (χ4n) is 5.08. The normalized spacial score (nSPS) is 18.3. The predicted molar refractivity (Wildman–Crippen MR) is 130 cm³/mol. The number of hydrogen-bond acceptors (Lipinski definition) is 5. The van der Waals surface area contributed by atoms with Gasteiger partial charge >= 0.3 is 5.97 Å². The molecule has 0 unspecified atom stereocenters. The van der Waals surface area contributed by atoms with Crippen LogP contribution in [0.15, 0.2) is 18.2 Å². The first kappa shape index (κ1) is 26.3. The smallest absolute Gasteiger partial charge is 0.338 e. The van der Waals surface area contributed by atoms with Crippen molar-refractivity contribution < 1.29 is 27.8 Å². The van der Waals surface area contributed by atoms with Crippen molar-refractivity contribution in [1.82, 2.24) is 15.1 Å². The second-order valence-corrected chi connectivity index (χ2v) is 10.4. The topological polar surface area (TPSA) is 82.5 Å². The summed E-state index contributed by atoms with van der Waals surface area (Å²) in [6.45, 7) is 8.97. The average molecular weight is 504 g/mol. The van der Waals surface area contributed by atoms with E-state index in [0.29, 0.717) is 43.9 Å². The van der Waals surface area contributed by atoms with Crippen molar-refractivity contribution in [3.8, 4) is 0 Å². The zero-order valence-corrected chi connectivity index (χ0v) is 21.5. The van der Waals surface area contributed by atoms with E-state index in [2.05, 4.69) is 5.32 Å². The van der Waals surface area contributed by atoms with Gasteiger partial charge < -0.3 is 14.8 Å². The number of nitrogens with zero attached hydrogens (tertiary/aromatic N) is 2. The van der Waals surface area contributed by atoms with Crippen LogP contribution in [0.25, 0.3) is 0 Å². The molecular formula is C27H35F2N3O4. The number of alkyl halides is 2. The largest absolute Gasteiger partial charge is 0.462 e. The molecule has 0 aliphatic carbocycles. The number of nitrogens with one attached hydrogen (secondary N) is 1. The second-order valence-electron chi connectivity index (χ2n) is 10.4. The minimum Gasteiger partial charge on any atom is -0.462 e. The molecule has 2 aromatic rings. The minimum absolute atomic E-state index is 0.0540. The highest BCUT2D eigenvalue weighted by molar-refractivity contribution is 5.97. The van der Waals surface area contributed by atoms with E-state index in [-0.39, 0.29) is 35.0 Å². The second kappa shape index (κ2) is 10.3. The number of carbonyl (C=O) groups excluding carboxylic acids is 2. The first-order valence-electron chi connectivity index (χ1n) is 12.6. The number of hydrogen-bond donors (Lipinski definition) is 1. The number of aromatic nitrogens is 2. The lowest BCUT2D eigenvalue weighted by atomic mass is 9.76. The van der Waals surface area contributed by atoms with E-state index in [4.69, 9.17) is 14.6 Å². The molecule has 7 nitrogen and oxygen atoms in total. The molecule has 9 heteroatoms. The molecule has 0 radical (unpaired) electrons. The number of fused-ring (bicyclic) bond motifs is 1. The van der Waals surface area contributed by atoms with Gasteiger partial charge in [0.15, 0.2) is 0 Å². The number of rotatable bonds is 7. The zero-order chi connectivity index (χ0) is 26.1. The van der Waals surface area contributed by atoms with Gasteiger partial charge in [-0.3, -0.25) is 9.48 Å². The molecular weight excluding hydrogens is 468 g/mol. The molecule has 2 aliphatic heterocycles. The van der Waals surface area contributed by atoms with Crippen LogP contribution in [0.2, 0.25) is 0 Å². The van der Waals surface area contributed by atoms with E-state index >= 15 is 0 Å². The quantitative estimate of drug-likeness (QED) is 0.565. The Morgan fingerprint density at radius 3 is 2.72 bits per heavy atom. The fraction of sp³-hybridized carbons (Fsp3) is 0.593. The summed E-state index contributed by atoms with van der Waals surface area (Å²) >= 11 is 0. The van der Waals surface area contributed by atoms with Gasteiger partial charge in [-0.25, -0.2) is 13.6 Å². The maximum atomic E-state index is 13.7. The predicted octanol–water partition coefficient (Wildman–Crippen LogP) is 4.44. The number of halogens is 2. The molecule has 1 atom stereocenters. The number of amides is 1. The maximum absolute atomic E-state index is 13.7. The average Bonchev–Trinajstić information content (AvgIpc) is 3.10. The van der Waals surface area contributed by atoms with Crippen LogP contribution in [0.3, 0.4) is 0 Å². The number of esters is 1. The van der Waals surface area contributed by atoms with Crippen molar-refractivity contribution in [2.45, 2.75) is 65.8 Å². The summed E-state index contributed by atoms with van der Waals surface area (Å²) in [5.41, 5.74) is 2.80. The highest BCUT2D eigenvalue weighted by Gasteiger charge is 2.39. The van der Waals surface area contributed by atoms with Gasteiger partial charge in [0.1, 0.15) is 0 Å².